The zero-order valence-corrected chi connectivity index (χ0v) is 14.4. The Bertz CT molecular complexity index is 990. The van der Waals surface area contributed by atoms with Gasteiger partial charge in [0.05, 0.1) is 16.8 Å². The van der Waals surface area contributed by atoms with Crippen molar-refractivity contribution in [3.8, 4) is 11.3 Å². The van der Waals surface area contributed by atoms with Gasteiger partial charge < -0.3 is 9.42 Å². The highest BCUT2D eigenvalue weighted by atomic mass is 32.1. The van der Waals surface area contributed by atoms with Crippen LogP contribution in [0.25, 0.3) is 21.5 Å². The summed E-state index contributed by atoms with van der Waals surface area (Å²) in [4.78, 5) is 18.7. The molecule has 6 heteroatoms. The first-order valence-corrected chi connectivity index (χ1v) is 8.64. The predicted molar refractivity (Wildman–Crippen MR) is 97.4 cm³/mol. The highest BCUT2D eigenvalue weighted by Crippen LogP contribution is 2.23. The van der Waals surface area contributed by atoms with Crippen LogP contribution in [0.4, 0.5) is 0 Å². The quantitative estimate of drug-likeness (QED) is 0.553. The van der Waals surface area contributed by atoms with Crippen molar-refractivity contribution in [1.29, 1.82) is 0 Å². The predicted octanol–water partition coefficient (Wildman–Crippen LogP) is 4.22. The highest BCUT2D eigenvalue weighted by molar-refractivity contribution is 7.18. The Balaban J connectivity index is 1.51. The molecule has 5 nitrogen and oxygen atoms in total. The van der Waals surface area contributed by atoms with Gasteiger partial charge in [0.1, 0.15) is 10.7 Å². The monoisotopic (exact) mass is 349 g/mol. The molecule has 0 saturated heterocycles. The number of hydrogen-bond acceptors (Lipinski definition) is 5. The Morgan fingerprint density at radius 2 is 1.88 bits per heavy atom. The molecule has 0 bridgehead atoms. The Morgan fingerprint density at radius 1 is 1.12 bits per heavy atom. The molecular formula is C19H15N3O2S. The Hall–Kier alpha value is -2.99. The van der Waals surface area contributed by atoms with Gasteiger partial charge >= 0.3 is 0 Å². The van der Waals surface area contributed by atoms with Crippen molar-refractivity contribution in [1.82, 2.24) is 15.0 Å². The standard InChI is InChI=1S/C19H15N3O2S/c1-22(12-18-20-14-9-5-6-10-17(14)25-18)19(23)16-11-15(21-24-16)13-7-3-2-4-8-13/h2-11H,12H2,1H3. The number of nitrogens with zero attached hydrogens (tertiary/aromatic N) is 3. The Labute approximate surface area is 148 Å². The van der Waals surface area contributed by atoms with Crippen molar-refractivity contribution in [2.75, 3.05) is 7.05 Å². The van der Waals surface area contributed by atoms with Crippen LogP contribution in [0.1, 0.15) is 15.6 Å². The molecular weight excluding hydrogens is 334 g/mol. The van der Waals surface area contributed by atoms with Crippen LogP contribution in [0.2, 0.25) is 0 Å². The second kappa shape index (κ2) is 6.49. The summed E-state index contributed by atoms with van der Waals surface area (Å²) in [7, 11) is 1.74. The molecule has 4 aromatic rings. The average molecular weight is 349 g/mol. The maximum absolute atomic E-state index is 12.6. The maximum Gasteiger partial charge on any atom is 0.292 e. The molecule has 0 aliphatic rings. The van der Waals surface area contributed by atoms with Crippen LogP contribution in [-0.4, -0.2) is 28.0 Å². The largest absolute Gasteiger partial charge is 0.350 e. The van der Waals surface area contributed by atoms with E-state index < -0.39 is 0 Å². The molecule has 0 N–H and O–H groups in total. The molecule has 1 amide bonds. The molecule has 4 rings (SSSR count). The van der Waals surface area contributed by atoms with Crippen LogP contribution >= 0.6 is 11.3 Å². The summed E-state index contributed by atoms with van der Waals surface area (Å²) in [5.74, 6) is 0.0106. The summed E-state index contributed by atoms with van der Waals surface area (Å²) < 4.78 is 6.36. The van der Waals surface area contributed by atoms with Crippen molar-refractivity contribution in [2.45, 2.75) is 6.54 Å². The summed E-state index contributed by atoms with van der Waals surface area (Å²) in [5, 5.41) is 4.88. The summed E-state index contributed by atoms with van der Waals surface area (Å²) >= 11 is 1.59. The molecule has 0 fully saturated rings. The number of benzene rings is 2. The summed E-state index contributed by atoms with van der Waals surface area (Å²) in [6.45, 7) is 0.430. The third-order valence-electron chi connectivity index (χ3n) is 3.85. The third kappa shape index (κ3) is 3.16. The number of carbonyl (C=O) groups is 1. The lowest BCUT2D eigenvalue weighted by molar-refractivity contribution is 0.0743. The topological polar surface area (TPSA) is 59.2 Å². The molecule has 0 saturated carbocycles. The highest BCUT2D eigenvalue weighted by Gasteiger charge is 2.19. The fraction of sp³-hybridized carbons (Fsp3) is 0.105. The van der Waals surface area contributed by atoms with Gasteiger partial charge in [-0.05, 0) is 12.1 Å². The van der Waals surface area contributed by atoms with Crippen molar-refractivity contribution < 1.29 is 9.32 Å². The lowest BCUT2D eigenvalue weighted by atomic mass is 10.1. The number of thiazole rings is 1. The Kier molecular flexibility index (Phi) is 4.03. The zero-order valence-electron chi connectivity index (χ0n) is 13.5. The molecule has 0 spiro atoms. The van der Waals surface area contributed by atoms with Crippen molar-refractivity contribution in [3.63, 3.8) is 0 Å². The van der Waals surface area contributed by atoms with E-state index in [-0.39, 0.29) is 11.7 Å². The first kappa shape index (κ1) is 15.5. The van der Waals surface area contributed by atoms with E-state index in [1.165, 1.54) is 0 Å². The fourth-order valence-electron chi connectivity index (χ4n) is 2.57. The van der Waals surface area contributed by atoms with Crippen LogP contribution in [0.3, 0.4) is 0 Å². The van der Waals surface area contributed by atoms with Gasteiger partial charge in [-0.25, -0.2) is 4.98 Å². The van der Waals surface area contributed by atoms with E-state index in [1.54, 1.807) is 29.4 Å². The SMILES string of the molecule is CN(Cc1nc2ccccc2s1)C(=O)c1cc(-c2ccccc2)no1. The number of fused-ring (bicyclic) bond motifs is 1. The first-order chi connectivity index (χ1) is 12.2. The molecule has 2 aromatic heterocycles. The minimum atomic E-state index is -0.214. The van der Waals surface area contributed by atoms with Crippen molar-refractivity contribution in [2.24, 2.45) is 0 Å². The second-order valence-corrected chi connectivity index (χ2v) is 6.79. The number of para-hydroxylation sites is 1. The fourth-order valence-corrected chi connectivity index (χ4v) is 3.59. The molecule has 0 unspecified atom stereocenters. The smallest absolute Gasteiger partial charge is 0.292 e. The minimum Gasteiger partial charge on any atom is -0.350 e. The van der Waals surface area contributed by atoms with Gasteiger partial charge in [-0.2, -0.15) is 0 Å². The van der Waals surface area contributed by atoms with E-state index in [2.05, 4.69) is 10.1 Å². The first-order valence-electron chi connectivity index (χ1n) is 7.83. The molecule has 0 aliphatic heterocycles. The van der Waals surface area contributed by atoms with E-state index in [9.17, 15) is 4.79 Å². The Morgan fingerprint density at radius 3 is 2.68 bits per heavy atom. The van der Waals surface area contributed by atoms with E-state index in [0.29, 0.717) is 12.2 Å². The van der Waals surface area contributed by atoms with E-state index in [0.717, 1.165) is 20.8 Å². The van der Waals surface area contributed by atoms with E-state index in [1.807, 2.05) is 54.6 Å². The van der Waals surface area contributed by atoms with Gasteiger partial charge in [-0.15, -0.1) is 11.3 Å². The van der Waals surface area contributed by atoms with Gasteiger partial charge in [-0.1, -0.05) is 47.6 Å². The van der Waals surface area contributed by atoms with Crippen LogP contribution in [-0.2, 0) is 6.54 Å². The van der Waals surface area contributed by atoms with Crippen LogP contribution in [0.5, 0.6) is 0 Å². The normalized spacial score (nSPS) is 10.9. The molecule has 124 valence electrons. The van der Waals surface area contributed by atoms with Crippen LogP contribution in [0, 0.1) is 0 Å². The summed E-state index contributed by atoms with van der Waals surface area (Å²) in [6, 6.07) is 19.2. The zero-order chi connectivity index (χ0) is 17.2. The van der Waals surface area contributed by atoms with Crippen molar-refractivity contribution >= 4 is 27.5 Å². The number of amides is 1. The third-order valence-corrected chi connectivity index (χ3v) is 4.87. The van der Waals surface area contributed by atoms with Gasteiger partial charge in [0, 0.05) is 18.7 Å². The lowest BCUT2D eigenvalue weighted by Gasteiger charge is -2.12. The van der Waals surface area contributed by atoms with Crippen LogP contribution in [0.15, 0.2) is 65.2 Å². The van der Waals surface area contributed by atoms with Gasteiger partial charge in [0.2, 0.25) is 5.76 Å². The number of aromatic nitrogens is 2. The van der Waals surface area contributed by atoms with E-state index in [4.69, 9.17) is 4.52 Å². The minimum absolute atomic E-state index is 0.214. The second-order valence-electron chi connectivity index (χ2n) is 5.68. The van der Waals surface area contributed by atoms with Crippen LogP contribution < -0.4 is 0 Å². The molecule has 2 heterocycles. The lowest BCUT2D eigenvalue weighted by Crippen LogP contribution is -2.25. The molecule has 0 aliphatic carbocycles. The molecule has 0 radical (unpaired) electrons. The summed E-state index contributed by atoms with van der Waals surface area (Å²) in [5.41, 5.74) is 2.52. The number of rotatable bonds is 4. The average Bonchev–Trinajstić information content (AvgIpc) is 3.28. The molecule has 0 atom stereocenters. The van der Waals surface area contributed by atoms with Gasteiger partial charge in [0.25, 0.3) is 5.91 Å². The molecule has 2 aromatic carbocycles. The summed E-state index contributed by atoms with van der Waals surface area (Å²) in [6.07, 6.45) is 0. The van der Waals surface area contributed by atoms with Gasteiger partial charge in [-0.3, -0.25) is 4.79 Å². The molecule has 25 heavy (non-hydrogen) atoms. The number of hydrogen-bond donors (Lipinski definition) is 0. The maximum atomic E-state index is 12.6. The van der Waals surface area contributed by atoms with E-state index >= 15 is 0 Å². The van der Waals surface area contributed by atoms with Crippen molar-refractivity contribution in [3.05, 3.63) is 71.4 Å². The number of carbonyl (C=O) groups excluding carboxylic acids is 1. The van der Waals surface area contributed by atoms with Gasteiger partial charge in [0.15, 0.2) is 0 Å².